The lowest BCUT2D eigenvalue weighted by molar-refractivity contribution is 0.285. The van der Waals surface area contributed by atoms with Gasteiger partial charge in [0.15, 0.2) is 0 Å². The smallest absolute Gasteiger partial charge is 0.129 e. The molecule has 3 aromatic rings. The van der Waals surface area contributed by atoms with Gasteiger partial charge in [0, 0.05) is 38.1 Å². The Kier molecular flexibility index (Phi) is 5.26. The standard InChI is InChI=1S/C23H27N3O/c1-18-16-23(24-22-7-4-3-6-21(18)22)26-13-5-12-25(14-15-26)17-19-8-10-20(27-2)11-9-19/h3-4,6-11,16H,5,12-15,17H2,1-2H3. The number of ether oxygens (including phenoxy) is 1. The van der Waals surface area contributed by atoms with E-state index in [2.05, 4.69) is 59.2 Å². The second-order valence-corrected chi connectivity index (χ2v) is 7.28. The van der Waals surface area contributed by atoms with Gasteiger partial charge in [0.05, 0.1) is 12.6 Å². The zero-order valence-corrected chi connectivity index (χ0v) is 16.2. The van der Waals surface area contributed by atoms with Crippen LogP contribution < -0.4 is 9.64 Å². The van der Waals surface area contributed by atoms with Crippen LogP contribution in [-0.2, 0) is 6.54 Å². The molecule has 1 saturated heterocycles. The van der Waals surface area contributed by atoms with Gasteiger partial charge in [0.2, 0.25) is 0 Å². The molecule has 0 atom stereocenters. The zero-order valence-electron chi connectivity index (χ0n) is 16.2. The quantitative estimate of drug-likeness (QED) is 0.694. The monoisotopic (exact) mass is 361 g/mol. The highest BCUT2D eigenvalue weighted by Gasteiger charge is 2.17. The van der Waals surface area contributed by atoms with Crippen molar-refractivity contribution in [2.75, 3.05) is 38.2 Å². The lowest BCUT2D eigenvalue weighted by atomic mass is 10.1. The minimum absolute atomic E-state index is 0.915. The maximum atomic E-state index is 5.26. The Hall–Kier alpha value is -2.59. The first-order valence-electron chi connectivity index (χ1n) is 9.69. The first kappa shape index (κ1) is 17.8. The number of anilines is 1. The van der Waals surface area contributed by atoms with Crippen molar-refractivity contribution in [2.45, 2.75) is 19.9 Å². The summed E-state index contributed by atoms with van der Waals surface area (Å²) in [6, 6.07) is 19.1. The van der Waals surface area contributed by atoms with Gasteiger partial charge >= 0.3 is 0 Å². The number of rotatable bonds is 4. The van der Waals surface area contributed by atoms with Crippen molar-refractivity contribution in [2.24, 2.45) is 0 Å². The van der Waals surface area contributed by atoms with Gasteiger partial charge in [-0.3, -0.25) is 4.90 Å². The fourth-order valence-corrected chi connectivity index (χ4v) is 3.84. The molecule has 27 heavy (non-hydrogen) atoms. The van der Waals surface area contributed by atoms with Crippen molar-refractivity contribution in [1.29, 1.82) is 0 Å². The molecule has 4 heteroatoms. The van der Waals surface area contributed by atoms with Crippen LogP contribution in [0.1, 0.15) is 17.5 Å². The zero-order chi connectivity index (χ0) is 18.6. The van der Waals surface area contributed by atoms with Gasteiger partial charge in [-0.05, 0) is 48.7 Å². The van der Waals surface area contributed by atoms with E-state index in [0.717, 1.165) is 56.2 Å². The number of para-hydroxylation sites is 1. The Morgan fingerprint density at radius 3 is 2.59 bits per heavy atom. The number of nitrogens with zero attached hydrogens (tertiary/aromatic N) is 3. The van der Waals surface area contributed by atoms with Gasteiger partial charge in [-0.25, -0.2) is 4.98 Å². The van der Waals surface area contributed by atoms with Crippen LogP contribution in [0.15, 0.2) is 54.6 Å². The second kappa shape index (κ2) is 7.97. The van der Waals surface area contributed by atoms with Crippen molar-refractivity contribution >= 4 is 16.7 Å². The highest BCUT2D eigenvalue weighted by atomic mass is 16.5. The minimum atomic E-state index is 0.915. The summed E-state index contributed by atoms with van der Waals surface area (Å²) in [5.41, 5.74) is 3.73. The summed E-state index contributed by atoms with van der Waals surface area (Å²) in [4.78, 5) is 9.90. The predicted molar refractivity (Wildman–Crippen MR) is 112 cm³/mol. The van der Waals surface area contributed by atoms with Crippen molar-refractivity contribution in [3.8, 4) is 5.75 Å². The Bertz CT molecular complexity index is 907. The summed E-state index contributed by atoms with van der Waals surface area (Å²) in [6.07, 6.45) is 1.16. The summed E-state index contributed by atoms with van der Waals surface area (Å²) in [5, 5.41) is 1.25. The Labute approximate surface area is 161 Å². The minimum Gasteiger partial charge on any atom is -0.497 e. The average molecular weight is 361 g/mol. The van der Waals surface area contributed by atoms with E-state index in [4.69, 9.17) is 9.72 Å². The molecule has 1 aliphatic heterocycles. The molecule has 0 N–H and O–H groups in total. The summed E-state index contributed by atoms with van der Waals surface area (Å²) in [6.45, 7) is 7.42. The largest absolute Gasteiger partial charge is 0.497 e. The topological polar surface area (TPSA) is 28.6 Å². The molecule has 1 aliphatic rings. The number of fused-ring (bicyclic) bond motifs is 1. The Balaban J connectivity index is 1.45. The highest BCUT2D eigenvalue weighted by Crippen LogP contribution is 2.23. The number of benzene rings is 2. The molecule has 0 unspecified atom stereocenters. The molecule has 0 radical (unpaired) electrons. The molecule has 1 aromatic heterocycles. The Morgan fingerprint density at radius 1 is 0.963 bits per heavy atom. The highest BCUT2D eigenvalue weighted by molar-refractivity contribution is 5.83. The van der Waals surface area contributed by atoms with E-state index in [-0.39, 0.29) is 0 Å². The van der Waals surface area contributed by atoms with Gasteiger partial charge in [0.25, 0.3) is 0 Å². The molecule has 1 fully saturated rings. The van der Waals surface area contributed by atoms with E-state index < -0.39 is 0 Å². The predicted octanol–water partition coefficient (Wildman–Crippen LogP) is 4.26. The molecule has 0 spiro atoms. The summed E-state index contributed by atoms with van der Waals surface area (Å²) in [7, 11) is 1.71. The maximum absolute atomic E-state index is 5.26. The molecule has 140 valence electrons. The molecule has 4 rings (SSSR count). The van der Waals surface area contributed by atoms with Crippen LogP contribution in [0.25, 0.3) is 10.9 Å². The number of aryl methyl sites for hydroxylation is 1. The average Bonchev–Trinajstić information content (AvgIpc) is 2.94. The van der Waals surface area contributed by atoms with E-state index in [9.17, 15) is 0 Å². The first-order chi connectivity index (χ1) is 13.2. The van der Waals surface area contributed by atoms with E-state index in [1.807, 2.05) is 12.1 Å². The molecule has 0 amide bonds. The third-order valence-electron chi connectivity index (χ3n) is 5.39. The summed E-state index contributed by atoms with van der Waals surface area (Å²) >= 11 is 0. The van der Waals surface area contributed by atoms with E-state index in [1.54, 1.807) is 7.11 Å². The fraction of sp³-hybridized carbons (Fsp3) is 0.348. The number of methoxy groups -OCH3 is 1. The van der Waals surface area contributed by atoms with Crippen LogP contribution in [0.3, 0.4) is 0 Å². The molecule has 2 heterocycles. The third-order valence-corrected chi connectivity index (χ3v) is 5.39. The molecule has 0 bridgehead atoms. The molecule has 4 nitrogen and oxygen atoms in total. The van der Waals surface area contributed by atoms with E-state index >= 15 is 0 Å². The van der Waals surface area contributed by atoms with Gasteiger partial charge in [-0.2, -0.15) is 0 Å². The van der Waals surface area contributed by atoms with E-state index in [0.29, 0.717) is 0 Å². The van der Waals surface area contributed by atoms with Crippen LogP contribution in [0.4, 0.5) is 5.82 Å². The van der Waals surface area contributed by atoms with Crippen LogP contribution in [0.2, 0.25) is 0 Å². The maximum Gasteiger partial charge on any atom is 0.129 e. The van der Waals surface area contributed by atoms with Crippen molar-refractivity contribution in [3.63, 3.8) is 0 Å². The third kappa shape index (κ3) is 4.06. The van der Waals surface area contributed by atoms with Crippen molar-refractivity contribution < 1.29 is 4.74 Å². The van der Waals surface area contributed by atoms with Crippen molar-refractivity contribution in [3.05, 3.63) is 65.7 Å². The summed E-state index contributed by atoms with van der Waals surface area (Å²) in [5.74, 6) is 2.02. The van der Waals surface area contributed by atoms with Gasteiger partial charge in [-0.15, -0.1) is 0 Å². The molecular weight excluding hydrogens is 334 g/mol. The lowest BCUT2D eigenvalue weighted by Gasteiger charge is -2.23. The first-order valence-corrected chi connectivity index (χ1v) is 9.69. The van der Waals surface area contributed by atoms with Crippen LogP contribution in [-0.4, -0.2) is 43.2 Å². The molecule has 0 aliphatic carbocycles. The molecule has 0 saturated carbocycles. The molecular formula is C23H27N3O. The normalized spacial score (nSPS) is 15.7. The van der Waals surface area contributed by atoms with Gasteiger partial charge in [-0.1, -0.05) is 30.3 Å². The number of aromatic nitrogens is 1. The van der Waals surface area contributed by atoms with Gasteiger partial charge < -0.3 is 9.64 Å². The molecule has 2 aromatic carbocycles. The van der Waals surface area contributed by atoms with E-state index in [1.165, 1.54) is 16.5 Å². The van der Waals surface area contributed by atoms with Crippen molar-refractivity contribution in [1.82, 2.24) is 9.88 Å². The second-order valence-electron chi connectivity index (χ2n) is 7.28. The van der Waals surface area contributed by atoms with Gasteiger partial charge in [0.1, 0.15) is 11.6 Å². The fourth-order valence-electron chi connectivity index (χ4n) is 3.84. The SMILES string of the molecule is COc1ccc(CN2CCCN(c3cc(C)c4ccccc4n3)CC2)cc1. The number of hydrogen-bond acceptors (Lipinski definition) is 4. The van der Waals surface area contributed by atoms with Crippen LogP contribution in [0, 0.1) is 6.92 Å². The number of pyridine rings is 1. The Morgan fingerprint density at radius 2 is 1.78 bits per heavy atom. The summed E-state index contributed by atoms with van der Waals surface area (Å²) < 4.78 is 5.26. The number of hydrogen-bond donors (Lipinski definition) is 0. The lowest BCUT2D eigenvalue weighted by Crippen LogP contribution is -2.31. The van der Waals surface area contributed by atoms with Crippen LogP contribution in [0.5, 0.6) is 5.75 Å². The van der Waals surface area contributed by atoms with Crippen LogP contribution >= 0.6 is 0 Å².